The fraction of sp³-hybridized carbons (Fsp3) is 0.105. The number of anilines is 1. The van der Waals surface area contributed by atoms with E-state index in [2.05, 4.69) is 5.32 Å². The van der Waals surface area contributed by atoms with Crippen LogP contribution in [0.25, 0.3) is 0 Å². The van der Waals surface area contributed by atoms with Crippen molar-refractivity contribution < 1.29 is 19.1 Å². The van der Waals surface area contributed by atoms with Crippen LogP contribution in [-0.4, -0.2) is 24.3 Å². The zero-order valence-electron chi connectivity index (χ0n) is 13.5. The first kappa shape index (κ1) is 18.4. The van der Waals surface area contributed by atoms with Crippen LogP contribution in [-0.2, 0) is 14.3 Å². The summed E-state index contributed by atoms with van der Waals surface area (Å²) in [6.45, 7) is 1.89. The predicted molar refractivity (Wildman–Crippen MR) is 95.7 cm³/mol. The zero-order chi connectivity index (χ0) is 18.2. The highest BCUT2D eigenvalue weighted by atomic mass is 35.5. The number of esters is 1. The predicted octanol–water partition coefficient (Wildman–Crippen LogP) is 3.63. The van der Waals surface area contributed by atoms with Crippen molar-refractivity contribution in [1.82, 2.24) is 0 Å². The maximum Gasteiger partial charge on any atom is 0.330 e. The van der Waals surface area contributed by atoms with Crippen molar-refractivity contribution in [2.45, 2.75) is 6.92 Å². The van der Waals surface area contributed by atoms with Crippen molar-refractivity contribution in [3.05, 3.63) is 76.8 Å². The van der Waals surface area contributed by atoms with Gasteiger partial charge in [0, 0.05) is 28.3 Å². The molecule has 0 aliphatic rings. The van der Waals surface area contributed by atoms with Crippen molar-refractivity contribution in [3.63, 3.8) is 0 Å². The number of amides is 1. The summed E-state index contributed by atoms with van der Waals surface area (Å²) >= 11 is 5.98. The SMILES string of the molecule is CCOC(=O)/C=C/C(=O)Nc1ccc(Cl)cc1C(=O)c1ccccc1. The molecule has 0 saturated heterocycles. The van der Waals surface area contributed by atoms with E-state index in [0.29, 0.717) is 16.3 Å². The maximum atomic E-state index is 12.7. The molecule has 0 saturated carbocycles. The molecule has 0 heterocycles. The van der Waals surface area contributed by atoms with Gasteiger partial charge >= 0.3 is 5.97 Å². The molecule has 0 atom stereocenters. The number of carbonyl (C=O) groups excluding carboxylic acids is 3. The summed E-state index contributed by atoms with van der Waals surface area (Å²) in [5.74, 6) is -1.44. The number of ketones is 1. The van der Waals surface area contributed by atoms with Crippen LogP contribution < -0.4 is 5.32 Å². The molecule has 1 N–H and O–H groups in total. The van der Waals surface area contributed by atoms with E-state index in [1.807, 2.05) is 0 Å². The molecule has 0 bridgehead atoms. The minimum absolute atomic E-state index is 0.220. The van der Waals surface area contributed by atoms with Gasteiger partial charge in [0.05, 0.1) is 12.3 Å². The van der Waals surface area contributed by atoms with E-state index in [4.69, 9.17) is 16.3 Å². The van der Waals surface area contributed by atoms with Crippen molar-refractivity contribution in [2.75, 3.05) is 11.9 Å². The summed E-state index contributed by atoms with van der Waals surface area (Å²) in [6.07, 6.45) is 2.07. The van der Waals surface area contributed by atoms with Gasteiger partial charge in [-0.05, 0) is 25.1 Å². The molecule has 0 radical (unpaired) electrons. The fourth-order valence-corrected chi connectivity index (χ4v) is 2.24. The van der Waals surface area contributed by atoms with Gasteiger partial charge in [-0.25, -0.2) is 4.79 Å². The zero-order valence-corrected chi connectivity index (χ0v) is 14.2. The second kappa shape index (κ2) is 8.80. The van der Waals surface area contributed by atoms with Crippen LogP contribution in [0.4, 0.5) is 5.69 Å². The van der Waals surface area contributed by atoms with Crippen molar-refractivity contribution in [3.8, 4) is 0 Å². The quantitative estimate of drug-likeness (QED) is 0.487. The highest BCUT2D eigenvalue weighted by molar-refractivity contribution is 6.31. The van der Waals surface area contributed by atoms with Crippen LogP contribution in [0.5, 0.6) is 0 Å². The van der Waals surface area contributed by atoms with Crippen LogP contribution in [0.2, 0.25) is 5.02 Å². The summed E-state index contributed by atoms with van der Waals surface area (Å²) in [7, 11) is 0. The smallest absolute Gasteiger partial charge is 0.330 e. The highest BCUT2D eigenvalue weighted by Crippen LogP contribution is 2.23. The average Bonchev–Trinajstić information content (AvgIpc) is 2.62. The number of halogens is 1. The summed E-state index contributed by atoms with van der Waals surface area (Å²) in [4.78, 5) is 35.9. The normalized spacial score (nSPS) is 10.5. The molecule has 2 aromatic rings. The second-order valence-electron chi connectivity index (χ2n) is 4.96. The lowest BCUT2D eigenvalue weighted by molar-refractivity contribution is -0.137. The minimum Gasteiger partial charge on any atom is -0.463 e. The Hall–Kier alpha value is -2.92. The molecule has 6 heteroatoms. The lowest BCUT2D eigenvalue weighted by Crippen LogP contribution is -2.13. The summed E-state index contributed by atoms with van der Waals surface area (Å²) in [5.41, 5.74) is 1.04. The van der Waals surface area contributed by atoms with Gasteiger partial charge in [-0.2, -0.15) is 0 Å². The molecule has 0 aliphatic heterocycles. The average molecular weight is 358 g/mol. The number of carbonyl (C=O) groups is 3. The molecule has 0 aliphatic carbocycles. The van der Waals surface area contributed by atoms with Gasteiger partial charge in [0.2, 0.25) is 5.91 Å². The lowest BCUT2D eigenvalue weighted by atomic mass is 10.0. The van der Waals surface area contributed by atoms with Crippen molar-refractivity contribution in [2.24, 2.45) is 0 Å². The van der Waals surface area contributed by atoms with Gasteiger partial charge in [0.1, 0.15) is 0 Å². The lowest BCUT2D eigenvalue weighted by Gasteiger charge is -2.10. The van der Waals surface area contributed by atoms with Crippen LogP contribution in [0.15, 0.2) is 60.7 Å². The van der Waals surface area contributed by atoms with Gasteiger partial charge in [-0.1, -0.05) is 41.9 Å². The number of rotatable bonds is 6. The third-order valence-corrected chi connectivity index (χ3v) is 3.41. The Morgan fingerprint density at radius 3 is 2.48 bits per heavy atom. The Kier molecular flexibility index (Phi) is 6.48. The van der Waals surface area contributed by atoms with Gasteiger partial charge in [-0.15, -0.1) is 0 Å². The van der Waals surface area contributed by atoms with Gasteiger partial charge in [-0.3, -0.25) is 9.59 Å². The third kappa shape index (κ3) is 5.29. The Morgan fingerprint density at radius 2 is 1.80 bits per heavy atom. The monoisotopic (exact) mass is 357 g/mol. The molecule has 2 rings (SSSR count). The van der Waals surface area contributed by atoms with E-state index >= 15 is 0 Å². The minimum atomic E-state index is -0.616. The number of ether oxygens (including phenoxy) is 1. The van der Waals surface area contributed by atoms with Crippen LogP contribution in [0.3, 0.4) is 0 Å². The topological polar surface area (TPSA) is 72.5 Å². The van der Waals surface area contributed by atoms with E-state index in [0.717, 1.165) is 12.2 Å². The number of hydrogen-bond acceptors (Lipinski definition) is 4. The molecule has 0 spiro atoms. The van der Waals surface area contributed by atoms with E-state index in [1.54, 1.807) is 43.3 Å². The van der Waals surface area contributed by atoms with Crippen LogP contribution in [0.1, 0.15) is 22.8 Å². The van der Waals surface area contributed by atoms with Crippen LogP contribution >= 0.6 is 11.6 Å². The number of hydrogen-bond donors (Lipinski definition) is 1. The second-order valence-corrected chi connectivity index (χ2v) is 5.40. The van der Waals surface area contributed by atoms with Crippen molar-refractivity contribution >= 4 is 34.9 Å². The molecular formula is C19H16ClNO4. The Balaban J connectivity index is 2.23. The van der Waals surface area contributed by atoms with Crippen LogP contribution in [0, 0.1) is 0 Å². The highest BCUT2D eigenvalue weighted by Gasteiger charge is 2.15. The van der Waals surface area contributed by atoms with Crippen molar-refractivity contribution in [1.29, 1.82) is 0 Å². The van der Waals surface area contributed by atoms with E-state index in [1.165, 1.54) is 12.1 Å². The fourth-order valence-electron chi connectivity index (χ4n) is 2.07. The third-order valence-electron chi connectivity index (χ3n) is 3.18. The maximum absolute atomic E-state index is 12.7. The summed E-state index contributed by atoms with van der Waals surface area (Å²) in [5, 5.41) is 2.95. The van der Waals surface area contributed by atoms with E-state index in [-0.39, 0.29) is 18.0 Å². The molecule has 1 amide bonds. The van der Waals surface area contributed by atoms with Gasteiger partial charge in [0.25, 0.3) is 0 Å². The molecule has 5 nitrogen and oxygen atoms in total. The van der Waals surface area contributed by atoms with Gasteiger partial charge in [0.15, 0.2) is 5.78 Å². The first-order chi connectivity index (χ1) is 12.0. The number of benzene rings is 2. The van der Waals surface area contributed by atoms with E-state index < -0.39 is 11.9 Å². The molecular weight excluding hydrogens is 342 g/mol. The molecule has 0 unspecified atom stereocenters. The number of nitrogens with one attached hydrogen (secondary N) is 1. The molecule has 0 aromatic heterocycles. The molecule has 128 valence electrons. The van der Waals surface area contributed by atoms with Gasteiger partial charge < -0.3 is 10.1 Å². The summed E-state index contributed by atoms with van der Waals surface area (Å²) < 4.78 is 4.70. The molecule has 2 aromatic carbocycles. The Labute approximate surface area is 150 Å². The largest absolute Gasteiger partial charge is 0.463 e. The molecule has 25 heavy (non-hydrogen) atoms. The standard InChI is InChI=1S/C19H16ClNO4/c1-2-25-18(23)11-10-17(22)21-16-9-8-14(20)12-15(16)19(24)13-6-4-3-5-7-13/h3-12H,2H2,1H3,(H,21,22)/b11-10+. The molecule has 0 fully saturated rings. The summed E-state index contributed by atoms with van der Waals surface area (Å²) in [6, 6.07) is 13.2. The Bertz CT molecular complexity index is 815. The Morgan fingerprint density at radius 1 is 1.08 bits per heavy atom. The first-order valence-electron chi connectivity index (χ1n) is 7.56. The van der Waals surface area contributed by atoms with E-state index in [9.17, 15) is 14.4 Å². The first-order valence-corrected chi connectivity index (χ1v) is 7.94.